The van der Waals surface area contributed by atoms with E-state index in [0.717, 1.165) is 19.6 Å². The minimum atomic E-state index is -0.524. The summed E-state index contributed by atoms with van der Waals surface area (Å²) in [7, 11) is 0. The van der Waals surface area contributed by atoms with Gasteiger partial charge in [-0.2, -0.15) is 0 Å². The molecule has 0 fully saturated rings. The van der Waals surface area contributed by atoms with Crippen LogP contribution in [0.25, 0.3) is 0 Å². The van der Waals surface area contributed by atoms with Crippen molar-refractivity contribution < 1.29 is 18.9 Å². The van der Waals surface area contributed by atoms with Crippen molar-refractivity contribution in [3.63, 3.8) is 0 Å². The van der Waals surface area contributed by atoms with Gasteiger partial charge in [-0.3, -0.25) is 14.9 Å². The van der Waals surface area contributed by atoms with Crippen molar-refractivity contribution in [1.82, 2.24) is 10.2 Å². The molecule has 1 unspecified atom stereocenters. The lowest BCUT2D eigenvalue weighted by atomic mass is 10.2. The Labute approximate surface area is 206 Å². The summed E-state index contributed by atoms with van der Waals surface area (Å²) < 4.78 is 11.2. The number of nitro groups is 1. The molecule has 8 nitrogen and oxygen atoms in total. The molecule has 1 aromatic carbocycles. The van der Waals surface area contributed by atoms with Gasteiger partial charge >= 0.3 is 0 Å². The summed E-state index contributed by atoms with van der Waals surface area (Å²) in [5, 5.41) is 14.0. The van der Waals surface area contributed by atoms with Crippen LogP contribution < -0.4 is 10.1 Å². The van der Waals surface area contributed by atoms with E-state index in [9.17, 15) is 14.9 Å². The zero-order chi connectivity index (χ0) is 24.9. The van der Waals surface area contributed by atoms with Gasteiger partial charge in [0.05, 0.1) is 9.95 Å². The van der Waals surface area contributed by atoms with Crippen LogP contribution in [-0.4, -0.2) is 41.4 Å². The number of benzene rings is 1. The quantitative estimate of drug-likeness (QED) is 0.169. The van der Waals surface area contributed by atoms with E-state index in [4.69, 9.17) is 20.8 Å². The minimum Gasteiger partial charge on any atom is -0.484 e. The van der Waals surface area contributed by atoms with Gasteiger partial charge in [0.2, 0.25) is 0 Å². The van der Waals surface area contributed by atoms with Gasteiger partial charge in [0.15, 0.2) is 5.76 Å². The maximum Gasteiger partial charge on any atom is 0.287 e. The van der Waals surface area contributed by atoms with Crippen LogP contribution in [0.3, 0.4) is 0 Å². The summed E-state index contributed by atoms with van der Waals surface area (Å²) in [6.45, 7) is 9.35. The molecule has 188 valence electrons. The third-order valence-corrected chi connectivity index (χ3v) is 5.74. The van der Waals surface area contributed by atoms with Crippen molar-refractivity contribution in [2.24, 2.45) is 0 Å². The zero-order valence-electron chi connectivity index (χ0n) is 20.3. The van der Waals surface area contributed by atoms with Gasteiger partial charge in [0.1, 0.15) is 18.1 Å². The first-order valence-electron chi connectivity index (χ1n) is 12.0. The summed E-state index contributed by atoms with van der Waals surface area (Å²) in [4.78, 5) is 25.4. The molecule has 0 radical (unpaired) electrons. The highest BCUT2D eigenvalue weighted by Gasteiger charge is 2.17. The van der Waals surface area contributed by atoms with Gasteiger partial charge in [-0.25, -0.2) is 0 Å². The highest BCUT2D eigenvalue weighted by atomic mass is 35.5. The smallest absolute Gasteiger partial charge is 0.287 e. The van der Waals surface area contributed by atoms with Gasteiger partial charge < -0.3 is 19.4 Å². The number of amides is 1. The number of rotatable bonds is 16. The predicted molar refractivity (Wildman–Crippen MR) is 134 cm³/mol. The summed E-state index contributed by atoms with van der Waals surface area (Å²) >= 11 is 6.05. The summed E-state index contributed by atoms with van der Waals surface area (Å²) in [6, 6.07) is 7.24. The Balaban J connectivity index is 1.86. The molecule has 0 aliphatic carbocycles. The standard InChI is InChI=1S/C25H36ClN3O5/c1-4-6-8-14-28(15-9-7-5-2)17-19(3)27-25(30)24-13-11-21(34-24)18-33-23-12-10-20(29(31)32)16-22(23)26/h10-13,16,19H,4-9,14-15,17-18H2,1-3H3,(H,27,30). The number of non-ortho nitro benzene ring substituents is 1. The lowest BCUT2D eigenvalue weighted by molar-refractivity contribution is -0.384. The highest BCUT2D eigenvalue weighted by molar-refractivity contribution is 6.32. The maximum absolute atomic E-state index is 12.7. The Morgan fingerprint density at radius 1 is 1.15 bits per heavy atom. The molecule has 1 N–H and O–H groups in total. The summed E-state index contributed by atoms with van der Waals surface area (Å²) in [5.74, 6) is 0.695. The lowest BCUT2D eigenvalue weighted by Crippen LogP contribution is -2.42. The minimum absolute atomic E-state index is 0.0144. The first-order valence-corrected chi connectivity index (χ1v) is 12.4. The summed E-state index contributed by atoms with van der Waals surface area (Å²) in [6.07, 6.45) is 7.15. The van der Waals surface area contributed by atoms with Crippen LogP contribution >= 0.6 is 11.6 Å². The fourth-order valence-corrected chi connectivity index (χ4v) is 3.87. The Kier molecular flexibility index (Phi) is 11.9. The van der Waals surface area contributed by atoms with Crippen LogP contribution in [0, 0.1) is 10.1 Å². The molecule has 0 spiro atoms. The van der Waals surface area contributed by atoms with E-state index < -0.39 is 4.92 Å². The fraction of sp³-hybridized carbons (Fsp3) is 0.560. The molecule has 2 aromatic rings. The Bertz CT molecular complexity index is 908. The molecule has 0 saturated carbocycles. The zero-order valence-corrected chi connectivity index (χ0v) is 21.1. The molecular formula is C25H36ClN3O5. The largest absolute Gasteiger partial charge is 0.484 e. The SMILES string of the molecule is CCCCCN(CCCCC)CC(C)NC(=O)c1ccc(COc2ccc([N+](=O)[O-])cc2Cl)o1. The number of hydrogen-bond acceptors (Lipinski definition) is 6. The molecule has 1 aromatic heterocycles. The van der Waals surface area contributed by atoms with Crippen LogP contribution in [0.1, 0.15) is 75.6 Å². The fourth-order valence-electron chi connectivity index (χ4n) is 3.64. The summed E-state index contributed by atoms with van der Waals surface area (Å²) in [5.41, 5.74) is -0.113. The Morgan fingerprint density at radius 2 is 1.82 bits per heavy atom. The molecule has 0 aliphatic heterocycles. The van der Waals surface area contributed by atoms with Gasteiger partial charge in [-0.1, -0.05) is 51.1 Å². The van der Waals surface area contributed by atoms with Gasteiger partial charge in [-0.15, -0.1) is 0 Å². The van der Waals surface area contributed by atoms with E-state index in [1.807, 2.05) is 6.92 Å². The monoisotopic (exact) mass is 493 g/mol. The number of nitro benzene ring substituents is 1. The second kappa shape index (κ2) is 14.6. The van der Waals surface area contributed by atoms with Crippen LogP contribution in [0.4, 0.5) is 5.69 Å². The molecule has 0 bridgehead atoms. The number of nitrogens with zero attached hydrogens (tertiary/aromatic N) is 2. The average Bonchev–Trinajstić information content (AvgIpc) is 3.27. The van der Waals surface area contributed by atoms with Crippen molar-refractivity contribution in [2.75, 3.05) is 19.6 Å². The van der Waals surface area contributed by atoms with E-state index in [1.165, 1.54) is 56.7 Å². The molecule has 9 heteroatoms. The molecule has 0 saturated heterocycles. The third kappa shape index (κ3) is 9.35. The van der Waals surface area contributed by atoms with Crippen LogP contribution in [0.5, 0.6) is 5.75 Å². The normalized spacial score (nSPS) is 12.0. The van der Waals surface area contributed by atoms with Crippen molar-refractivity contribution in [2.45, 2.75) is 71.9 Å². The maximum atomic E-state index is 12.7. The molecule has 1 atom stereocenters. The number of carbonyl (C=O) groups is 1. The van der Waals surface area contributed by atoms with E-state index in [1.54, 1.807) is 12.1 Å². The Hall–Kier alpha value is -2.58. The number of halogens is 1. The van der Waals surface area contributed by atoms with Gasteiger partial charge in [0, 0.05) is 24.7 Å². The predicted octanol–water partition coefficient (Wildman–Crippen LogP) is 6.22. The number of carbonyl (C=O) groups excluding carboxylic acids is 1. The number of nitrogens with one attached hydrogen (secondary N) is 1. The number of unbranched alkanes of at least 4 members (excludes halogenated alkanes) is 4. The second-order valence-electron chi connectivity index (χ2n) is 8.52. The molecule has 1 heterocycles. The lowest BCUT2D eigenvalue weighted by Gasteiger charge is -2.26. The third-order valence-electron chi connectivity index (χ3n) is 5.45. The topological polar surface area (TPSA) is 97.9 Å². The van der Waals surface area contributed by atoms with Crippen LogP contribution in [-0.2, 0) is 6.61 Å². The van der Waals surface area contributed by atoms with E-state index in [-0.39, 0.29) is 35.0 Å². The van der Waals surface area contributed by atoms with Gasteiger partial charge in [-0.05, 0) is 51.1 Å². The molecular weight excluding hydrogens is 458 g/mol. The van der Waals surface area contributed by atoms with Gasteiger partial charge in [0.25, 0.3) is 11.6 Å². The van der Waals surface area contributed by atoms with E-state index >= 15 is 0 Å². The van der Waals surface area contributed by atoms with Crippen molar-refractivity contribution in [1.29, 1.82) is 0 Å². The second-order valence-corrected chi connectivity index (χ2v) is 8.92. The van der Waals surface area contributed by atoms with Crippen molar-refractivity contribution in [3.05, 3.63) is 57.0 Å². The average molecular weight is 494 g/mol. The Morgan fingerprint density at radius 3 is 2.41 bits per heavy atom. The number of hydrogen-bond donors (Lipinski definition) is 1. The highest BCUT2D eigenvalue weighted by Crippen LogP contribution is 2.29. The van der Waals surface area contributed by atoms with Crippen molar-refractivity contribution in [3.8, 4) is 5.75 Å². The van der Waals surface area contributed by atoms with E-state index in [0.29, 0.717) is 11.5 Å². The molecule has 1 amide bonds. The molecule has 0 aliphatic rings. The first kappa shape index (κ1) is 27.7. The molecule has 2 rings (SSSR count). The van der Waals surface area contributed by atoms with E-state index in [2.05, 4.69) is 24.1 Å². The first-order chi connectivity index (χ1) is 16.3. The van der Waals surface area contributed by atoms with Crippen LogP contribution in [0.15, 0.2) is 34.7 Å². The number of ether oxygens (including phenoxy) is 1. The molecule has 34 heavy (non-hydrogen) atoms. The number of furan rings is 1. The van der Waals surface area contributed by atoms with Crippen LogP contribution in [0.2, 0.25) is 5.02 Å². The van der Waals surface area contributed by atoms with Crippen molar-refractivity contribution >= 4 is 23.2 Å².